The van der Waals surface area contributed by atoms with Gasteiger partial charge in [0.25, 0.3) is 5.56 Å². The molecule has 2 aliphatic heterocycles. The third kappa shape index (κ3) is 2.12. The Kier molecular flexibility index (Phi) is 3.12. The zero-order valence-corrected chi connectivity index (χ0v) is 12.4. The Morgan fingerprint density at radius 1 is 1.10 bits per heavy atom. The molecule has 21 heavy (non-hydrogen) atoms. The smallest absolute Gasteiger partial charge is 0.258 e. The number of fused-ring (bicyclic) bond motifs is 4. The van der Waals surface area contributed by atoms with Gasteiger partial charge in [-0.25, -0.2) is 0 Å². The van der Waals surface area contributed by atoms with Gasteiger partial charge in [-0.2, -0.15) is 0 Å². The number of nitrogens with one attached hydrogen (secondary N) is 1. The average molecular weight is 301 g/mol. The van der Waals surface area contributed by atoms with E-state index in [0.717, 1.165) is 25.2 Å². The van der Waals surface area contributed by atoms with Crippen LogP contribution < -0.4 is 10.9 Å². The van der Waals surface area contributed by atoms with E-state index in [0.29, 0.717) is 22.4 Å². The van der Waals surface area contributed by atoms with Gasteiger partial charge in [-0.05, 0) is 37.1 Å². The van der Waals surface area contributed by atoms with Gasteiger partial charge in [0, 0.05) is 40.9 Å². The van der Waals surface area contributed by atoms with Crippen LogP contribution in [0.4, 0.5) is 0 Å². The first kappa shape index (κ1) is 13.1. The van der Waals surface area contributed by atoms with E-state index in [4.69, 9.17) is 11.6 Å². The lowest BCUT2D eigenvalue weighted by Crippen LogP contribution is -2.45. The van der Waals surface area contributed by atoms with E-state index in [2.05, 4.69) is 11.4 Å². The van der Waals surface area contributed by atoms with E-state index in [1.165, 1.54) is 12.1 Å². The minimum Gasteiger partial charge on any atom is -0.316 e. The molecule has 2 aliphatic rings. The topological polar surface area (TPSA) is 34.0 Å². The van der Waals surface area contributed by atoms with Crippen molar-refractivity contribution in [3.63, 3.8) is 0 Å². The molecule has 2 aromatic rings. The Labute approximate surface area is 128 Å². The number of rotatable bonds is 1. The fourth-order valence-electron chi connectivity index (χ4n) is 3.68. The van der Waals surface area contributed by atoms with Crippen LogP contribution in [0.15, 0.2) is 41.2 Å². The molecule has 1 N–H and O–H groups in total. The second-order valence-corrected chi connectivity index (χ2v) is 6.43. The maximum atomic E-state index is 12.9. The molecular weight excluding hydrogens is 284 g/mol. The molecule has 1 fully saturated rings. The van der Waals surface area contributed by atoms with Crippen LogP contribution in [-0.4, -0.2) is 17.7 Å². The summed E-state index contributed by atoms with van der Waals surface area (Å²) in [4.78, 5) is 12.9. The number of halogens is 1. The van der Waals surface area contributed by atoms with Crippen molar-refractivity contribution >= 4 is 11.6 Å². The zero-order valence-electron chi connectivity index (χ0n) is 11.7. The average Bonchev–Trinajstić information content (AvgIpc) is 2.50. The summed E-state index contributed by atoms with van der Waals surface area (Å²) in [6.45, 7) is 2.80. The molecule has 108 valence electrons. The highest BCUT2D eigenvalue weighted by Gasteiger charge is 2.31. The van der Waals surface area contributed by atoms with Crippen molar-refractivity contribution in [3.05, 3.63) is 57.5 Å². The summed E-state index contributed by atoms with van der Waals surface area (Å²) in [5.41, 5.74) is 2.79. The maximum Gasteiger partial charge on any atom is 0.258 e. The van der Waals surface area contributed by atoms with Crippen molar-refractivity contribution in [2.45, 2.75) is 18.9 Å². The minimum atomic E-state index is 0.0946. The Balaban J connectivity index is 1.88. The van der Waals surface area contributed by atoms with Crippen molar-refractivity contribution < 1.29 is 0 Å². The number of pyridine rings is 1. The van der Waals surface area contributed by atoms with Gasteiger partial charge in [-0.3, -0.25) is 4.79 Å². The molecule has 4 rings (SSSR count). The molecule has 2 bridgehead atoms. The number of piperidine rings is 1. The minimum absolute atomic E-state index is 0.0946. The van der Waals surface area contributed by atoms with Crippen molar-refractivity contribution in [3.8, 4) is 11.1 Å². The fourth-order valence-corrected chi connectivity index (χ4v) is 3.91. The molecule has 0 spiro atoms. The molecule has 3 nitrogen and oxygen atoms in total. The van der Waals surface area contributed by atoms with Gasteiger partial charge in [-0.15, -0.1) is 0 Å². The highest BCUT2D eigenvalue weighted by atomic mass is 35.5. The molecule has 0 saturated carbocycles. The lowest BCUT2D eigenvalue weighted by Gasteiger charge is -2.37. The molecule has 2 unspecified atom stereocenters. The molecule has 3 heterocycles. The quantitative estimate of drug-likeness (QED) is 0.879. The predicted octanol–water partition coefficient (Wildman–Crippen LogP) is 2.88. The Morgan fingerprint density at radius 3 is 2.81 bits per heavy atom. The van der Waals surface area contributed by atoms with E-state index in [-0.39, 0.29) is 5.56 Å². The van der Waals surface area contributed by atoms with Crippen LogP contribution in [0.1, 0.15) is 18.0 Å². The third-order valence-corrected chi connectivity index (χ3v) is 5.00. The van der Waals surface area contributed by atoms with Gasteiger partial charge in [0.05, 0.1) is 0 Å². The summed E-state index contributed by atoms with van der Waals surface area (Å²) < 4.78 is 1.97. The SMILES string of the molecule is O=c1c(-c2ccccc2Cl)ccc2n1CC1CNCC2C1. The maximum absolute atomic E-state index is 12.9. The Bertz CT molecular complexity index is 753. The van der Waals surface area contributed by atoms with Crippen molar-refractivity contribution in [2.75, 3.05) is 13.1 Å². The van der Waals surface area contributed by atoms with Crippen molar-refractivity contribution in [1.82, 2.24) is 9.88 Å². The number of hydrogen-bond acceptors (Lipinski definition) is 2. The molecule has 0 aliphatic carbocycles. The van der Waals surface area contributed by atoms with E-state index in [9.17, 15) is 4.79 Å². The van der Waals surface area contributed by atoms with Gasteiger partial charge in [0.15, 0.2) is 0 Å². The first-order valence-electron chi connectivity index (χ1n) is 7.43. The van der Waals surface area contributed by atoms with Crippen LogP contribution >= 0.6 is 11.6 Å². The number of nitrogens with zero attached hydrogens (tertiary/aromatic N) is 1. The summed E-state index contributed by atoms with van der Waals surface area (Å²) in [7, 11) is 0. The lowest BCUT2D eigenvalue weighted by molar-refractivity contribution is 0.257. The fraction of sp³-hybridized carbons (Fsp3) is 0.353. The molecule has 2 atom stereocenters. The largest absolute Gasteiger partial charge is 0.316 e. The standard InChI is InChI=1S/C17H17ClN2O/c18-15-4-2-1-3-13(15)14-5-6-16-12-7-11(8-19-9-12)10-20(16)17(14)21/h1-6,11-12,19H,7-10H2. The van der Waals surface area contributed by atoms with Gasteiger partial charge in [-0.1, -0.05) is 29.8 Å². The van der Waals surface area contributed by atoms with E-state index < -0.39 is 0 Å². The summed E-state index contributed by atoms with van der Waals surface area (Å²) in [6.07, 6.45) is 1.19. The van der Waals surface area contributed by atoms with Crippen LogP contribution in [0.2, 0.25) is 5.02 Å². The number of aromatic nitrogens is 1. The van der Waals surface area contributed by atoms with Gasteiger partial charge in [0.2, 0.25) is 0 Å². The van der Waals surface area contributed by atoms with E-state index in [1.807, 2.05) is 34.9 Å². The monoisotopic (exact) mass is 300 g/mol. The van der Waals surface area contributed by atoms with E-state index in [1.54, 1.807) is 0 Å². The van der Waals surface area contributed by atoms with Crippen LogP contribution in [0.3, 0.4) is 0 Å². The third-order valence-electron chi connectivity index (χ3n) is 4.67. The highest BCUT2D eigenvalue weighted by Crippen LogP contribution is 2.33. The number of benzene rings is 1. The second-order valence-electron chi connectivity index (χ2n) is 6.02. The first-order chi connectivity index (χ1) is 10.2. The van der Waals surface area contributed by atoms with Gasteiger partial charge >= 0.3 is 0 Å². The van der Waals surface area contributed by atoms with Crippen LogP contribution in [0.25, 0.3) is 11.1 Å². The summed E-state index contributed by atoms with van der Waals surface area (Å²) >= 11 is 6.25. The normalized spacial score (nSPS) is 23.7. The van der Waals surface area contributed by atoms with Crippen LogP contribution in [0, 0.1) is 5.92 Å². The Hall–Kier alpha value is -1.58. The second kappa shape index (κ2) is 5.00. The van der Waals surface area contributed by atoms with Crippen molar-refractivity contribution in [1.29, 1.82) is 0 Å². The van der Waals surface area contributed by atoms with E-state index >= 15 is 0 Å². The molecule has 0 radical (unpaired) electrons. The summed E-state index contributed by atoms with van der Waals surface area (Å²) in [5, 5.41) is 4.10. The first-order valence-corrected chi connectivity index (χ1v) is 7.81. The molecular formula is C17H17ClN2O. The molecule has 4 heteroatoms. The highest BCUT2D eigenvalue weighted by molar-refractivity contribution is 6.33. The predicted molar refractivity (Wildman–Crippen MR) is 84.9 cm³/mol. The summed E-state index contributed by atoms with van der Waals surface area (Å²) in [6, 6.07) is 11.6. The van der Waals surface area contributed by atoms with Crippen LogP contribution in [0.5, 0.6) is 0 Å². The van der Waals surface area contributed by atoms with Gasteiger partial charge in [0.1, 0.15) is 0 Å². The molecule has 0 amide bonds. The zero-order chi connectivity index (χ0) is 14.4. The molecule has 1 aromatic heterocycles. The number of hydrogen-bond donors (Lipinski definition) is 1. The van der Waals surface area contributed by atoms with Gasteiger partial charge < -0.3 is 9.88 Å². The summed E-state index contributed by atoms with van der Waals surface area (Å²) in [5.74, 6) is 1.03. The van der Waals surface area contributed by atoms with Crippen molar-refractivity contribution in [2.24, 2.45) is 5.92 Å². The van der Waals surface area contributed by atoms with Crippen LogP contribution in [-0.2, 0) is 6.54 Å². The molecule has 1 aromatic carbocycles. The lowest BCUT2D eigenvalue weighted by atomic mass is 9.84. The Morgan fingerprint density at radius 2 is 1.95 bits per heavy atom. The molecule has 1 saturated heterocycles.